The Morgan fingerprint density at radius 1 is 1.03 bits per heavy atom. The molecule has 1 saturated heterocycles. The van der Waals surface area contributed by atoms with Crippen LogP contribution in [0.4, 0.5) is 4.79 Å². The SMILES string of the molecule is COc1ccc(C2CN(C(=O)O)CC2(C)C(C)O)cc1Oc1ccc(-c2ccccc2)cc1. The third kappa shape index (κ3) is 4.52. The first-order valence-electron chi connectivity index (χ1n) is 11.0. The molecule has 0 saturated carbocycles. The zero-order valence-corrected chi connectivity index (χ0v) is 19.1. The van der Waals surface area contributed by atoms with E-state index in [-0.39, 0.29) is 12.5 Å². The third-order valence-corrected chi connectivity index (χ3v) is 6.73. The molecule has 6 heteroatoms. The van der Waals surface area contributed by atoms with E-state index in [0.717, 1.165) is 16.7 Å². The summed E-state index contributed by atoms with van der Waals surface area (Å²) in [6, 6.07) is 23.6. The predicted molar refractivity (Wildman–Crippen MR) is 127 cm³/mol. The van der Waals surface area contributed by atoms with E-state index in [1.54, 1.807) is 14.0 Å². The number of hydrogen-bond acceptors (Lipinski definition) is 4. The van der Waals surface area contributed by atoms with E-state index in [9.17, 15) is 15.0 Å². The van der Waals surface area contributed by atoms with Crippen LogP contribution in [0.1, 0.15) is 25.3 Å². The molecule has 3 aromatic rings. The quantitative estimate of drug-likeness (QED) is 0.513. The number of nitrogens with zero attached hydrogens (tertiary/aromatic N) is 1. The van der Waals surface area contributed by atoms with E-state index in [1.165, 1.54) is 4.90 Å². The molecule has 0 radical (unpaired) electrons. The van der Waals surface area contributed by atoms with Crippen LogP contribution in [0.2, 0.25) is 0 Å². The normalized spacial score (nSPS) is 21.0. The second kappa shape index (κ2) is 9.16. The molecule has 4 rings (SSSR count). The summed E-state index contributed by atoms with van der Waals surface area (Å²) in [5, 5.41) is 20.0. The number of aliphatic hydroxyl groups is 1. The lowest BCUT2D eigenvalue weighted by molar-refractivity contribution is 0.0481. The third-order valence-electron chi connectivity index (χ3n) is 6.73. The predicted octanol–water partition coefficient (Wildman–Crippen LogP) is 5.62. The van der Waals surface area contributed by atoms with Crippen LogP contribution in [-0.2, 0) is 0 Å². The monoisotopic (exact) mass is 447 g/mol. The molecule has 33 heavy (non-hydrogen) atoms. The summed E-state index contributed by atoms with van der Waals surface area (Å²) in [7, 11) is 1.59. The first kappa shape index (κ1) is 22.7. The molecule has 2 N–H and O–H groups in total. The van der Waals surface area contributed by atoms with Crippen molar-refractivity contribution in [1.82, 2.24) is 4.90 Å². The van der Waals surface area contributed by atoms with E-state index < -0.39 is 17.6 Å². The van der Waals surface area contributed by atoms with Crippen molar-refractivity contribution in [2.24, 2.45) is 5.41 Å². The average molecular weight is 448 g/mol. The van der Waals surface area contributed by atoms with Crippen LogP contribution in [-0.4, -0.2) is 47.5 Å². The summed E-state index contributed by atoms with van der Waals surface area (Å²) < 4.78 is 11.7. The first-order chi connectivity index (χ1) is 15.8. The van der Waals surface area contributed by atoms with Gasteiger partial charge in [-0.25, -0.2) is 4.79 Å². The fourth-order valence-corrected chi connectivity index (χ4v) is 4.53. The summed E-state index contributed by atoms with van der Waals surface area (Å²) in [4.78, 5) is 13.0. The highest BCUT2D eigenvalue weighted by atomic mass is 16.5. The van der Waals surface area contributed by atoms with Crippen molar-refractivity contribution in [1.29, 1.82) is 0 Å². The van der Waals surface area contributed by atoms with E-state index >= 15 is 0 Å². The molecule has 0 spiro atoms. The molecular weight excluding hydrogens is 418 g/mol. The van der Waals surface area contributed by atoms with Crippen LogP contribution in [0, 0.1) is 5.41 Å². The molecule has 1 aliphatic heterocycles. The highest BCUT2D eigenvalue weighted by Gasteiger charge is 2.48. The van der Waals surface area contributed by atoms with Crippen molar-refractivity contribution in [3.63, 3.8) is 0 Å². The fraction of sp³-hybridized carbons (Fsp3) is 0.296. The Balaban J connectivity index is 1.63. The molecule has 3 unspecified atom stereocenters. The lowest BCUT2D eigenvalue weighted by Crippen LogP contribution is -2.37. The maximum Gasteiger partial charge on any atom is 0.407 e. The van der Waals surface area contributed by atoms with Crippen molar-refractivity contribution in [3.8, 4) is 28.4 Å². The van der Waals surface area contributed by atoms with Gasteiger partial charge in [0.15, 0.2) is 11.5 Å². The largest absolute Gasteiger partial charge is 0.493 e. The molecule has 1 aliphatic rings. The molecule has 1 amide bonds. The standard InChI is InChI=1S/C27H29NO5/c1-18(29)27(2)17-28(26(30)31)16-23(27)21-11-14-24(32-3)25(15-21)33-22-12-9-20(10-13-22)19-7-5-4-6-8-19/h4-15,18,23,29H,16-17H2,1-3H3,(H,30,31). The minimum Gasteiger partial charge on any atom is -0.493 e. The van der Waals surface area contributed by atoms with Crippen LogP contribution < -0.4 is 9.47 Å². The molecule has 172 valence electrons. The van der Waals surface area contributed by atoms with E-state index in [0.29, 0.717) is 23.8 Å². The van der Waals surface area contributed by atoms with E-state index in [1.807, 2.05) is 67.6 Å². The summed E-state index contributed by atoms with van der Waals surface area (Å²) in [6.45, 7) is 4.23. The van der Waals surface area contributed by atoms with Gasteiger partial charge in [-0.05, 0) is 47.9 Å². The van der Waals surface area contributed by atoms with Gasteiger partial charge in [-0.15, -0.1) is 0 Å². The molecule has 3 atom stereocenters. The van der Waals surface area contributed by atoms with Crippen LogP contribution >= 0.6 is 0 Å². The van der Waals surface area contributed by atoms with Gasteiger partial charge in [-0.3, -0.25) is 0 Å². The maximum absolute atomic E-state index is 11.6. The van der Waals surface area contributed by atoms with Gasteiger partial charge in [0.25, 0.3) is 0 Å². The number of benzene rings is 3. The van der Waals surface area contributed by atoms with E-state index in [2.05, 4.69) is 12.1 Å². The number of aliphatic hydroxyl groups excluding tert-OH is 1. The van der Waals surface area contributed by atoms with Crippen LogP contribution in [0.5, 0.6) is 17.2 Å². The summed E-state index contributed by atoms with van der Waals surface area (Å²) >= 11 is 0. The van der Waals surface area contributed by atoms with Crippen LogP contribution in [0.25, 0.3) is 11.1 Å². The Bertz CT molecular complexity index is 1110. The van der Waals surface area contributed by atoms with Gasteiger partial charge in [-0.1, -0.05) is 55.5 Å². The highest BCUT2D eigenvalue weighted by molar-refractivity contribution is 5.66. The number of carboxylic acid groups (broad SMARTS) is 1. The second-order valence-corrected chi connectivity index (χ2v) is 8.80. The molecule has 0 aromatic heterocycles. The van der Waals surface area contributed by atoms with E-state index in [4.69, 9.17) is 9.47 Å². The lowest BCUT2D eigenvalue weighted by atomic mass is 9.72. The van der Waals surface area contributed by atoms with Crippen molar-refractivity contribution < 1.29 is 24.5 Å². The molecule has 3 aromatic carbocycles. The van der Waals surface area contributed by atoms with Gasteiger partial charge in [0, 0.05) is 24.4 Å². The van der Waals surface area contributed by atoms with Crippen molar-refractivity contribution in [2.45, 2.75) is 25.9 Å². The number of likely N-dealkylation sites (tertiary alicyclic amines) is 1. The Labute approximate surface area is 194 Å². The number of hydrogen-bond donors (Lipinski definition) is 2. The zero-order chi connectivity index (χ0) is 23.6. The summed E-state index contributed by atoms with van der Waals surface area (Å²) in [5.41, 5.74) is 2.52. The highest BCUT2D eigenvalue weighted by Crippen LogP contribution is 2.47. The van der Waals surface area contributed by atoms with Crippen LogP contribution in [0.3, 0.4) is 0 Å². The Kier molecular flexibility index (Phi) is 6.29. The topological polar surface area (TPSA) is 79.2 Å². The van der Waals surface area contributed by atoms with Gasteiger partial charge in [0.05, 0.1) is 13.2 Å². The smallest absolute Gasteiger partial charge is 0.407 e. The van der Waals surface area contributed by atoms with Crippen molar-refractivity contribution in [2.75, 3.05) is 20.2 Å². The lowest BCUT2D eigenvalue weighted by Gasteiger charge is -2.33. The van der Waals surface area contributed by atoms with Gasteiger partial charge in [-0.2, -0.15) is 0 Å². The van der Waals surface area contributed by atoms with Gasteiger partial charge in [0.2, 0.25) is 0 Å². The molecule has 1 heterocycles. The number of amides is 1. The van der Waals surface area contributed by atoms with Gasteiger partial charge >= 0.3 is 6.09 Å². The number of rotatable bonds is 6. The maximum atomic E-state index is 11.6. The zero-order valence-electron chi connectivity index (χ0n) is 19.1. The van der Waals surface area contributed by atoms with Crippen molar-refractivity contribution in [3.05, 3.63) is 78.4 Å². The van der Waals surface area contributed by atoms with Gasteiger partial charge < -0.3 is 24.6 Å². The second-order valence-electron chi connectivity index (χ2n) is 8.80. The minimum atomic E-state index is -0.979. The molecule has 0 bridgehead atoms. The average Bonchev–Trinajstić information content (AvgIpc) is 3.19. The Morgan fingerprint density at radius 3 is 2.30 bits per heavy atom. The Morgan fingerprint density at radius 2 is 1.70 bits per heavy atom. The Hall–Kier alpha value is -3.51. The molecule has 1 fully saturated rings. The number of carbonyl (C=O) groups is 1. The molecular formula is C27H29NO5. The first-order valence-corrected chi connectivity index (χ1v) is 11.0. The fourth-order valence-electron chi connectivity index (χ4n) is 4.53. The molecule has 6 nitrogen and oxygen atoms in total. The minimum absolute atomic E-state index is 0.178. The number of ether oxygens (including phenoxy) is 2. The van der Waals surface area contributed by atoms with Crippen molar-refractivity contribution >= 4 is 6.09 Å². The van der Waals surface area contributed by atoms with Gasteiger partial charge in [0.1, 0.15) is 5.75 Å². The molecule has 0 aliphatic carbocycles. The number of methoxy groups -OCH3 is 1. The van der Waals surface area contributed by atoms with Crippen LogP contribution in [0.15, 0.2) is 72.8 Å². The summed E-state index contributed by atoms with van der Waals surface area (Å²) in [6.07, 6.45) is -1.66. The summed E-state index contributed by atoms with van der Waals surface area (Å²) in [5.74, 6) is 1.62.